The van der Waals surface area contributed by atoms with Crippen molar-refractivity contribution in [2.75, 3.05) is 0 Å². The van der Waals surface area contributed by atoms with Gasteiger partial charge in [0.1, 0.15) is 12.4 Å². The second-order valence-corrected chi connectivity index (χ2v) is 5.25. The van der Waals surface area contributed by atoms with E-state index in [-0.39, 0.29) is 0 Å². The van der Waals surface area contributed by atoms with Gasteiger partial charge in [-0.2, -0.15) is 0 Å². The summed E-state index contributed by atoms with van der Waals surface area (Å²) in [5.41, 5.74) is 3.35. The van der Waals surface area contributed by atoms with Gasteiger partial charge in [0, 0.05) is 5.02 Å². The highest BCUT2D eigenvalue weighted by Gasteiger charge is 2.01. The second-order valence-electron chi connectivity index (χ2n) is 4.81. The molecule has 0 heterocycles. The largest absolute Gasteiger partial charge is 0.489 e. The summed E-state index contributed by atoms with van der Waals surface area (Å²) in [7, 11) is 0. The van der Waals surface area contributed by atoms with Gasteiger partial charge in [-0.15, -0.1) is 0 Å². The summed E-state index contributed by atoms with van der Waals surface area (Å²) in [6.07, 6.45) is 0. The average molecular weight is 295 g/mol. The fourth-order valence-corrected chi connectivity index (χ4v) is 2.36. The molecule has 0 saturated heterocycles. The third kappa shape index (κ3) is 3.65. The number of hydrogen-bond donors (Lipinski definition) is 0. The molecule has 0 bridgehead atoms. The molecule has 0 radical (unpaired) electrons. The van der Waals surface area contributed by atoms with Gasteiger partial charge in [0.15, 0.2) is 0 Å². The number of hydrogen-bond acceptors (Lipinski definition) is 1. The fraction of sp³-hybridized carbons (Fsp3) is 0.0526. The summed E-state index contributed by atoms with van der Waals surface area (Å²) in [6, 6.07) is 26.0. The lowest BCUT2D eigenvalue weighted by molar-refractivity contribution is 0.306. The van der Waals surface area contributed by atoms with Crippen molar-refractivity contribution in [2.24, 2.45) is 0 Å². The van der Waals surface area contributed by atoms with Crippen LogP contribution in [-0.4, -0.2) is 0 Å². The second kappa shape index (κ2) is 6.47. The van der Waals surface area contributed by atoms with Crippen molar-refractivity contribution in [3.8, 4) is 16.9 Å². The highest BCUT2D eigenvalue weighted by Crippen LogP contribution is 2.26. The van der Waals surface area contributed by atoms with Crippen LogP contribution >= 0.6 is 11.6 Å². The maximum Gasteiger partial charge on any atom is 0.120 e. The zero-order chi connectivity index (χ0) is 14.5. The minimum Gasteiger partial charge on any atom is -0.489 e. The maximum atomic E-state index is 6.04. The summed E-state index contributed by atoms with van der Waals surface area (Å²) in [5.74, 6) is 0.858. The molecule has 0 aliphatic carbocycles. The minimum absolute atomic E-state index is 0.569. The third-order valence-electron chi connectivity index (χ3n) is 3.24. The molecule has 21 heavy (non-hydrogen) atoms. The molecule has 1 nitrogen and oxygen atoms in total. The van der Waals surface area contributed by atoms with Crippen LogP contribution in [0.2, 0.25) is 5.02 Å². The van der Waals surface area contributed by atoms with Crippen LogP contribution in [0.4, 0.5) is 0 Å². The smallest absolute Gasteiger partial charge is 0.120 e. The van der Waals surface area contributed by atoms with Gasteiger partial charge in [-0.05, 0) is 41.0 Å². The van der Waals surface area contributed by atoms with E-state index in [4.69, 9.17) is 16.3 Å². The standard InChI is InChI=1S/C19H15ClO/c20-18-10-4-8-16(12-18)17-9-5-11-19(13-17)21-14-15-6-2-1-3-7-15/h1-13H,14H2. The first-order valence-corrected chi connectivity index (χ1v) is 7.22. The number of rotatable bonds is 4. The van der Waals surface area contributed by atoms with Crippen molar-refractivity contribution in [2.45, 2.75) is 6.61 Å². The Bertz CT molecular complexity index is 722. The molecule has 0 fully saturated rings. The van der Waals surface area contributed by atoms with Crippen LogP contribution in [0.5, 0.6) is 5.75 Å². The molecular weight excluding hydrogens is 280 g/mol. The van der Waals surface area contributed by atoms with Crippen LogP contribution < -0.4 is 4.74 Å². The van der Waals surface area contributed by atoms with Crippen molar-refractivity contribution in [1.82, 2.24) is 0 Å². The summed E-state index contributed by atoms with van der Waals surface area (Å²) in [4.78, 5) is 0. The van der Waals surface area contributed by atoms with Gasteiger partial charge in [0.2, 0.25) is 0 Å². The molecular formula is C19H15ClO. The molecule has 0 spiro atoms. The Morgan fingerprint density at radius 3 is 2.19 bits per heavy atom. The summed E-state index contributed by atoms with van der Waals surface area (Å²) in [5, 5.41) is 0.739. The first-order chi connectivity index (χ1) is 10.3. The molecule has 3 aromatic rings. The van der Waals surface area contributed by atoms with Gasteiger partial charge in [-0.25, -0.2) is 0 Å². The van der Waals surface area contributed by atoms with Crippen LogP contribution in [0.3, 0.4) is 0 Å². The van der Waals surface area contributed by atoms with Crippen molar-refractivity contribution >= 4 is 11.6 Å². The number of halogens is 1. The van der Waals surface area contributed by atoms with Crippen molar-refractivity contribution in [3.05, 3.63) is 89.4 Å². The van der Waals surface area contributed by atoms with E-state index in [1.807, 2.05) is 60.7 Å². The molecule has 0 saturated carbocycles. The Morgan fingerprint density at radius 1 is 0.714 bits per heavy atom. The van der Waals surface area contributed by atoms with E-state index in [0.717, 1.165) is 27.5 Å². The van der Waals surface area contributed by atoms with E-state index in [0.29, 0.717) is 6.61 Å². The Balaban J connectivity index is 1.77. The zero-order valence-electron chi connectivity index (χ0n) is 11.5. The van der Waals surface area contributed by atoms with Gasteiger partial charge in [-0.1, -0.05) is 66.2 Å². The summed E-state index contributed by atoms with van der Waals surface area (Å²) < 4.78 is 5.85. The normalized spacial score (nSPS) is 10.3. The molecule has 0 N–H and O–H groups in total. The SMILES string of the molecule is Clc1cccc(-c2cccc(OCc3ccccc3)c2)c1. The van der Waals surface area contributed by atoms with Gasteiger partial charge >= 0.3 is 0 Å². The predicted molar refractivity (Wildman–Crippen MR) is 87.7 cm³/mol. The molecule has 0 aromatic heterocycles. The predicted octanol–water partition coefficient (Wildman–Crippen LogP) is 5.59. The molecule has 2 heteroatoms. The van der Waals surface area contributed by atoms with Gasteiger partial charge in [0.25, 0.3) is 0 Å². The van der Waals surface area contributed by atoms with Crippen molar-refractivity contribution < 1.29 is 4.74 Å². The minimum atomic E-state index is 0.569. The van der Waals surface area contributed by atoms with E-state index in [1.54, 1.807) is 0 Å². The average Bonchev–Trinajstić information content (AvgIpc) is 2.54. The van der Waals surface area contributed by atoms with Gasteiger partial charge < -0.3 is 4.74 Å². The van der Waals surface area contributed by atoms with Crippen LogP contribution in [-0.2, 0) is 6.61 Å². The molecule has 0 aliphatic rings. The van der Waals surface area contributed by atoms with Crippen LogP contribution in [0.25, 0.3) is 11.1 Å². The Kier molecular flexibility index (Phi) is 4.23. The van der Waals surface area contributed by atoms with Crippen LogP contribution in [0.15, 0.2) is 78.9 Å². The molecule has 3 rings (SSSR count). The Labute approximate surface area is 129 Å². The first kappa shape index (κ1) is 13.7. The molecule has 0 unspecified atom stereocenters. The van der Waals surface area contributed by atoms with E-state index >= 15 is 0 Å². The Morgan fingerprint density at radius 2 is 1.43 bits per heavy atom. The summed E-state index contributed by atoms with van der Waals surface area (Å²) >= 11 is 6.04. The maximum absolute atomic E-state index is 6.04. The fourth-order valence-electron chi connectivity index (χ4n) is 2.17. The van der Waals surface area contributed by atoms with E-state index < -0.39 is 0 Å². The van der Waals surface area contributed by atoms with Crippen LogP contribution in [0.1, 0.15) is 5.56 Å². The van der Waals surface area contributed by atoms with E-state index in [9.17, 15) is 0 Å². The highest BCUT2D eigenvalue weighted by atomic mass is 35.5. The van der Waals surface area contributed by atoms with Crippen molar-refractivity contribution in [1.29, 1.82) is 0 Å². The number of benzene rings is 3. The molecule has 0 atom stereocenters. The van der Waals surface area contributed by atoms with Crippen molar-refractivity contribution in [3.63, 3.8) is 0 Å². The zero-order valence-corrected chi connectivity index (χ0v) is 12.3. The quantitative estimate of drug-likeness (QED) is 0.610. The number of ether oxygens (including phenoxy) is 1. The first-order valence-electron chi connectivity index (χ1n) is 6.84. The van der Waals surface area contributed by atoms with Crippen LogP contribution in [0, 0.1) is 0 Å². The van der Waals surface area contributed by atoms with E-state index in [1.165, 1.54) is 0 Å². The monoisotopic (exact) mass is 294 g/mol. The van der Waals surface area contributed by atoms with Gasteiger partial charge in [0.05, 0.1) is 0 Å². The van der Waals surface area contributed by atoms with E-state index in [2.05, 4.69) is 18.2 Å². The third-order valence-corrected chi connectivity index (χ3v) is 3.48. The Hall–Kier alpha value is -2.25. The molecule has 0 aliphatic heterocycles. The lowest BCUT2D eigenvalue weighted by atomic mass is 10.1. The topological polar surface area (TPSA) is 9.23 Å². The van der Waals surface area contributed by atoms with Gasteiger partial charge in [-0.3, -0.25) is 0 Å². The lowest BCUT2D eigenvalue weighted by Crippen LogP contribution is -1.94. The molecule has 104 valence electrons. The summed E-state index contributed by atoms with van der Waals surface area (Å²) in [6.45, 7) is 0.569. The lowest BCUT2D eigenvalue weighted by Gasteiger charge is -2.08. The molecule has 3 aromatic carbocycles. The highest BCUT2D eigenvalue weighted by molar-refractivity contribution is 6.30. The molecule has 0 amide bonds.